The molecular formula is C9H15N5O4. The second kappa shape index (κ2) is 6.67. The van der Waals surface area contributed by atoms with Gasteiger partial charge in [-0.05, 0) is 0 Å². The van der Waals surface area contributed by atoms with Crippen LogP contribution in [0.1, 0.15) is 10.5 Å². The first-order valence-corrected chi connectivity index (χ1v) is 5.22. The number of nitrogens with two attached hydrogens (primary N) is 1. The number of ether oxygens (including phenoxy) is 1. The Labute approximate surface area is 103 Å². The van der Waals surface area contributed by atoms with Gasteiger partial charge in [0.15, 0.2) is 11.8 Å². The van der Waals surface area contributed by atoms with Gasteiger partial charge < -0.3 is 20.9 Å². The van der Waals surface area contributed by atoms with Gasteiger partial charge in [0, 0.05) is 6.54 Å². The second-order valence-corrected chi connectivity index (χ2v) is 3.40. The smallest absolute Gasteiger partial charge is 0.336 e. The molecule has 0 aromatic carbocycles. The van der Waals surface area contributed by atoms with Crippen molar-refractivity contribution in [1.82, 2.24) is 20.3 Å². The number of hydrogen-bond acceptors (Lipinski definition) is 7. The van der Waals surface area contributed by atoms with Crippen LogP contribution in [0.25, 0.3) is 0 Å². The molecule has 4 N–H and O–H groups in total. The van der Waals surface area contributed by atoms with E-state index in [1.807, 2.05) is 0 Å². The molecule has 1 unspecified atom stereocenters. The van der Waals surface area contributed by atoms with E-state index in [1.54, 1.807) is 0 Å². The standard InChI is InChI=1S/C9H15N5O4/c1-18-9(17)7(15)4-11-8(16)6-5-14(3-2-10)13-12-6/h5,7,15H,2-4,10H2,1H3,(H,11,16). The van der Waals surface area contributed by atoms with Crippen molar-refractivity contribution in [2.75, 3.05) is 20.2 Å². The highest BCUT2D eigenvalue weighted by Crippen LogP contribution is 1.93. The molecule has 0 bridgehead atoms. The summed E-state index contributed by atoms with van der Waals surface area (Å²) >= 11 is 0. The molecule has 1 atom stereocenters. The number of carbonyl (C=O) groups is 2. The van der Waals surface area contributed by atoms with E-state index in [1.165, 1.54) is 10.9 Å². The van der Waals surface area contributed by atoms with Gasteiger partial charge in [-0.25, -0.2) is 4.79 Å². The summed E-state index contributed by atoms with van der Waals surface area (Å²) in [6, 6.07) is 0. The molecule has 1 amide bonds. The average Bonchev–Trinajstić information content (AvgIpc) is 2.83. The van der Waals surface area contributed by atoms with Crippen LogP contribution in [0.3, 0.4) is 0 Å². The Kier molecular flexibility index (Phi) is 5.21. The Morgan fingerprint density at radius 3 is 3.00 bits per heavy atom. The summed E-state index contributed by atoms with van der Waals surface area (Å²) in [5.41, 5.74) is 5.40. The molecule has 0 aliphatic rings. The van der Waals surface area contributed by atoms with Gasteiger partial charge >= 0.3 is 5.97 Å². The number of aromatic nitrogens is 3. The monoisotopic (exact) mass is 257 g/mol. The third kappa shape index (κ3) is 3.79. The maximum absolute atomic E-state index is 11.6. The second-order valence-electron chi connectivity index (χ2n) is 3.40. The lowest BCUT2D eigenvalue weighted by Crippen LogP contribution is -2.37. The van der Waals surface area contributed by atoms with Gasteiger partial charge in [0.2, 0.25) is 0 Å². The van der Waals surface area contributed by atoms with Gasteiger partial charge in [0.25, 0.3) is 5.91 Å². The van der Waals surface area contributed by atoms with Crippen molar-refractivity contribution in [2.24, 2.45) is 5.73 Å². The highest BCUT2D eigenvalue weighted by atomic mass is 16.5. The molecule has 18 heavy (non-hydrogen) atoms. The van der Waals surface area contributed by atoms with Crippen LogP contribution in [0, 0.1) is 0 Å². The van der Waals surface area contributed by atoms with E-state index in [0.29, 0.717) is 13.1 Å². The van der Waals surface area contributed by atoms with E-state index >= 15 is 0 Å². The third-order valence-corrected chi connectivity index (χ3v) is 2.06. The predicted octanol–water partition coefficient (Wildman–Crippen LogP) is -2.50. The zero-order chi connectivity index (χ0) is 13.5. The van der Waals surface area contributed by atoms with E-state index in [4.69, 9.17) is 5.73 Å². The highest BCUT2D eigenvalue weighted by Gasteiger charge is 2.17. The van der Waals surface area contributed by atoms with Gasteiger partial charge in [0.1, 0.15) is 0 Å². The molecule has 1 heterocycles. The Morgan fingerprint density at radius 2 is 2.39 bits per heavy atom. The molecule has 9 nitrogen and oxygen atoms in total. The van der Waals surface area contributed by atoms with Crippen molar-refractivity contribution < 1.29 is 19.4 Å². The Morgan fingerprint density at radius 1 is 1.67 bits per heavy atom. The number of aliphatic hydroxyl groups excluding tert-OH is 1. The zero-order valence-electron chi connectivity index (χ0n) is 9.87. The van der Waals surface area contributed by atoms with E-state index in [9.17, 15) is 14.7 Å². The van der Waals surface area contributed by atoms with Gasteiger partial charge in [-0.1, -0.05) is 5.21 Å². The van der Waals surface area contributed by atoms with Crippen molar-refractivity contribution in [3.63, 3.8) is 0 Å². The fourth-order valence-electron chi connectivity index (χ4n) is 1.14. The molecule has 1 aromatic rings. The highest BCUT2D eigenvalue weighted by molar-refractivity contribution is 5.92. The number of nitrogens with one attached hydrogen (secondary N) is 1. The summed E-state index contributed by atoms with van der Waals surface area (Å²) in [5.74, 6) is -1.36. The molecule has 0 fully saturated rings. The summed E-state index contributed by atoms with van der Waals surface area (Å²) in [5, 5.41) is 18.9. The van der Waals surface area contributed by atoms with Crippen LogP contribution < -0.4 is 11.1 Å². The molecule has 1 rings (SSSR count). The summed E-state index contributed by atoms with van der Waals surface area (Å²) in [4.78, 5) is 22.4. The largest absolute Gasteiger partial charge is 0.467 e. The van der Waals surface area contributed by atoms with Crippen LogP contribution >= 0.6 is 0 Å². The lowest BCUT2D eigenvalue weighted by atomic mass is 10.3. The molecule has 100 valence electrons. The summed E-state index contributed by atoms with van der Waals surface area (Å²) in [6.45, 7) is 0.575. The first kappa shape index (κ1) is 14.1. The third-order valence-electron chi connectivity index (χ3n) is 2.06. The Balaban J connectivity index is 2.47. The summed E-state index contributed by atoms with van der Waals surface area (Å²) in [7, 11) is 1.14. The molecule has 0 spiro atoms. The van der Waals surface area contributed by atoms with Gasteiger partial charge in [0.05, 0.1) is 26.4 Å². The topological polar surface area (TPSA) is 132 Å². The maximum atomic E-state index is 11.6. The number of methoxy groups -OCH3 is 1. The van der Waals surface area contributed by atoms with Crippen molar-refractivity contribution in [1.29, 1.82) is 0 Å². The van der Waals surface area contributed by atoms with Crippen LogP contribution in [-0.4, -0.2) is 58.3 Å². The van der Waals surface area contributed by atoms with Crippen LogP contribution in [0.4, 0.5) is 0 Å². The molecule has 9 heteroatoms. The summed E-state index contributed by atoms with van der Waals surface area (Å²) in [6.07, 6.45) is 0.0187. The van der Waals surface area contributed by atoms with Crippen molar-refractivity contribution in [2.45, 2.75) is 12.6 Å². The molecule has 0 radical (unpaired) electrons. The maximum Gasteiger partial charge on any atom is 0.336 e. The molecule has 0 aliphatic heterocycles. The Hall–Kier alpha value is -2.00. The molecule has 0 saturated carbocycles. The van der Waals surface area contributed by atoms with E-state index < -0.39 is 18.0 Å². The Bertz CT molecular complexity index is 419. The van der Waals surface area contributed by atoms with Gasteiger partial charge in [-0.15, -0.1) is 5.10 Å². The average molecular weight is 257 g/mol. The first-order valence-electron chi connectivity index (χ1n) is 5.22. The molecule has 1 aromatic heterocycles. The zero-order valence-corrected chi connectivity index (χ0v) is 9.87. The number of aliphatic hydroxyl groups is 1. The van der Waals surface area contributed by atoms with Crippen LogP contribution in [0.2, 0.25) is 0 Å². The number of nitrogens with zero attached hydrogens (tertiary/aromatic N) is 3. The minimum Gasteiger partial charge on any atom is -0.467 e. The quantitative estimate of drug-likeness (QED) is 0.480. The van der Waals surface area contributed by atoms with E-state index in [2.05, 4.69) is 20.4 Å². The van der Waals surface area contributed by atoms with E-state index in [-0.39, 0.29) is 12.2 Å². The van der Waals surface area contributed by atoms with Crippen LogP contribution in [0.5, 0.6) is 0 Å². The number of carbonyl (C=O) groups excluding carboxylic acids is 2. The molecule has 0 saturated heterocycles. The normalized spacial score (nSPS) is 11.9. The van der Waals surface area contributed by atoms with E-state index in [0.717, 1.165) is 7.11 Å². The first-order chi connectivity index (χ1) is 8.58. The van der Waals surface area contributed by atoms with Gasteiger partial charge in [-0.3, -0.25) is 9.48 Å². The minimum atomic E-state index is -1.40. The van der Waals surface area contributed by atoms with Crippen molar-refractivity contribution in [3.05, 3.63) is 11.9 Å². The fourth-order valence-corrected chi connectivity index (χ4v) is 1.14. The number of hydrogen-bond donors (Lipinski definition) is 3. The molecular weight excluding hydrogens is 242 g/mol. The van der Waals surface area contributed by atoms with Crippen molar-refractivity contribution in [3.8, 4) is 0 Å². The minimum absolute atomic E-state index is 0.0838. The van der Waals surface area contributed by atoms with Crippen LogP contribution in [-0.2, 0) is 16.1 Å². The number of rotatable bonds is 6. The lowest BCUT2D eigenvalue weighted by molar-refractivity contribution is -0.149. The molecule has 0 aliphatic carbocycles. The van der Waals surface area contributed by atoms with Gasteiger partial charge in [-0.2, -0.15) is 0 Å². The number of amides is 1. The predicted molar refractivity (Wildman–Crippen MR) is 59.4 cm³/mol. The SMILES string of the molecule is COC(=O)C(O)CNC(=O)c1cn(CCN)nn1. The lowest BCUT2D eigenvalue weighted by Gasteiger charge is -2.08. The van der Waals surface area contributed by atoms with Crippen molar-refractivity contribution >= 4 is 11.9 Å². The van der Waals surface area contributed by atoms with Crippen LogP contribution in [0.15, 0.2) is 6.20 Å². The fraction of sp³-hybridized carbons (Fsp3) is 0.556. The number of esters is 1. The summed E-state index contributed by atoms with van der Waals surface area (Å²) < 4.78 is 5.72.